The highest BCUT2D eigenvalue weighted by Gasteiger charge is 2.24. The zero-order chi connectivity index (χ0) is 13.1. The number of halogens is 3. The van der Waals surface area contributed by atoms with Crippen LogP contribution in [0.3, 0.4) is 0 Å². The Labute approximate surface area is 133 Å². The van der Waals surface area contributed by atoms with Gasteiger partial charge in [0.05, 0.1) is 10.6 Å². The SMILES string of the molecule is CN(C(=O)c1ccc(Br)cc1Cl)C1CCNCC1.Cl. The lowest BCUT2D eigenvalue weighted by Crippen LogP contribution is -2.44. The van der Waals surface area contributed by atoms with Crippen molar-refractivity contribution in [3.63, 3.8) is 0 Å². The molecule has 0 atom stereocenters. The number of rotatable bonds is 2. The summed E-state index contributed by atoms with van der Waals surface area (Å²) in [6.45, 7) is 1.94. The van der Waals surface area contributed by atoms with Gasteiger partial charge in [-0.25, -0.2) is 0 Å². The predicted molar refractivity (Wildman–Crippen MR) is 84.4 cm³/mol. The van der Waals surface area contributed by atoms with Crippen LogP contribution < -0.4 is 5.32 Å². The van der Waals surface area contributed by atoms with Crippen molar-refractivity contribution in [2.24, 2.45) is 0 Å². The molecule has 2 rings (SSSR count). The van der Waals surface area contributed by atoms with Crippen LogP contribution in [0.1, 0.15) is 23.2 Å². The lowest BCUT2D eigenvalue weighted by molar-refractivity contribution is 0.0703. The summed E-state index contributed by atoms with van der Waals surface area (Å²) in [5.74, 6) is -0.000556. The van der Waals surface area contributed by atoms with Crippen molar-refractivity contribution < 1.29 is 4.79 Å². The second-order valence-corrected chi connectivity index (χ2v) is 5.84. The molecule has 0 saturated carbocycles. The number of nitrogens with one attached hydrogen (secondary N) is 1. The van der Waals surface area contributed by atoms with Crippen LogP contribution in [0.25, 0.3) is 0 Å². The van der Waals surface area contributed by atoms with Gasteiger partial charge in [0.15, 0.2) is 0 Å². The summed E-state index contributed by atoms with van der Waals surface area (Å²) < 4.78 is 0.883. The molecule has 3 nitrogen and oxygen atoms in total. The molecule has 6 heteroatoms. The summed E-state index contributed by atoms with van der Waals surface area (Å²) >= 11 is 9.46. The molecule has 1 saturated heterocycles. The minimum Gasteiger partial charge on any atom is -0.339 e. The van der Waals surface area contributed by atoms with Crippen LogP contribution in [0.15, 0.2) is 22.7 Å². The summed E-state index contributed by atoms with van der Waals surface area (Å²) in [5.41, 5.74) is 0.570. The van der Waals surface area contributed by atoms with Crippen LogP contribution in [-0.2, 0) is 0 Å². The normalized spacial score (nSPS) is 15.7. The Morgan fingerprint density at radius 1 is 1.42 bits per heavy atom. The molecule has 1 aromatic carbocycles. The molecular formula is C13H17BrCl2N2O. The van der Waals surface area contributed by atoms with E-state index in [9.17, 15) is 4.79 Å². The molecule has 1 N–H and O–H groups in total. The van der Waals surface area contributed by atoms with E-state index in [-0.39, 0.29) is 18.3 Å². The van der Waals surface area contributed by atoms with Crippen LogP contribution in [-0.4, -0.2) is 37.0 Å². The van der Waals surface area contributed by atoms with Gasteiger partial charge in [0.25, 0.3) is 5.91 Å². The van der Waals surface area contributed by atoms with Gasteiger partial charge in [-0.05, 0) is 44.1 Å². The monoisotopic (exact) mass is 366 g/mol. The number of carbonyl (C=O) groups is 1. The molecular weight excluding hydrogens is 351 g/mol. The zero-order valence-electron chi connectivity index (χ0n) is 10.7. The van der Waals surface area contributed by atoms with Gasteiger partial charge in [0.1, 0.15) is 0 Å². The maximum absolute atomic E-state index is 12.4. The Kier molecular flexibility index (Phi) is 6.60. The van der Waals surface area contributed by atoms with Gasteiger partial charge in [-0.1, -0.05) is 27.5 Å². The first-order chi connectivity index (χ1) is 8.59. The number of benzene rings is 1. The first kappa shape index (κ1) is 16.8. The molecule has 1 aliphatic rings. The molecule has 1 fully saturated rings. The smallest absolute Gasteiger partial charge is 0.255 e. The lowest BCUT2D eigenvalue weighted by Gasteiger charge is -2.31. The van der Waals surface area contributed by atoms with Crippen LogP contribution in [0.5, 0.6) is 0 Å². The van der Waals surface area contributed by atoms with Gasteiger partial charge in [0.2, 0.25) is 0 Å². The first-order valence-corrected chi connectivity index (χ1v) is 7.19. The quantitative estimate of drug-likeness (QED) is 0.869. The molecule has 19 heavy (non-hydrogen) atoms. The van der Waals surface area contributed by atoms with Crippen molar-refractivity contribution in [3.8, 4) is 0 Å². The largest absolute Gasteiger partial charge is 0.339 e. The molecule has 0 spiro atoms. The van der Waals surface area contributed by atoms with Crippen molar-refractivity contribution in [1.29, 1.82) is 0 Å². The molecule has 0 aliphatic carbocycles. The Morgan fingerprint density at radius 3 is 2.63 bits per heavy atom. The third-order valence-electron chi connectivity index (χ3n) is 3.34. The second-order valence-electron chi connectivity index (χ2n) is 4.52. The Balaban J connectivity index is 0.00000180. The number of amides is 1. The number of carbonyl (C=O) groups excluding carboxylic acids is 1. The molecule has 0 bridgehead atoms. The van der Waals surface area contributed by atoms with E-state index in [4.69, 9.17) is 11.6 Å². The van der Waals surface area contributed by atoms with Crippen molar-refractivity contribution in [1.82, 2.24) is 10.2 Å². The maximum atomic E-state index is 12.4. The van der Waals surface area contributed by atoms with Crippen LogP contribution in [0.4, 0.5) is 0 Å². The van der Waals surface area contributed by atoms with Gasteiger partial charge < -0.3 is 10.2 Å². The minimum absolute atomic E-state index is 0. The fourth-order valence-corrected chi connectivity index (χ4v) is 2.97. The third kappa shape index (κ3) is 4.09. The average Bonchev–Trinajstić information content (AvgIpc) is 2.38. The van der Waals surface area contributed by atoms with E-state index in [0.717, 1.165) is 30.4 Å². The van der Waals surface area contributed by atoms with E-state index in [1.165, 1.54) is 0 Å². The van der Waals surface area contributed by atoms with Gasteiger partial charge >= 0.3 is 0 Å². The van der Waals surface area contributed by atoms with Gasteiger partial charge in [-0.15, -0.1) is 12.4 Å². The summed E-state index contributed by atoms with van der Waals surface area (Å²) in [6, 6.07) is 5.67. The maximum Gasteiger partial charge on any atom is 0.255 e. The highest BCUT2D eigenvalue weighted by atomic mass is 79.9. The van der Waals surface area contributed by atoms with E-state index >= 15 is 0 Å². The van der Waals surface area contributed by atoms with Crippen molar-refractivity contribution >= 4 is 45.8 Å². The van der Waals surface area contributed by atoms with Crippen molar-refractivity contribution in [3.05, 3.63) is 33.3 Å². The van der Waals surface area contributed by atoms with E-state index < -0.39 is 0 Å². The summed E-state index contributed by atoms with van der Waals surface area (Å²) in [5, 5.41) is 3.79. The van der Waals surface area contributed by atoms with Crippen LogP contribution in [0.2, 0.25) is 5.02 Å². The number of nitrogens with zero attached hydrogens (tertiary/aromatic N) is 1. The van der Waals surface area contributed by atoms with E-state index in [1.54, 1.807) is 12.1 Å². The first-order valence-electron chi connectivity index (χ1n) is 6.02. The molecule has 106 valence electrons. The molecule has 0 unspecified atom stereocenters. The zero-order valence-corrected chi connectivity index (χ0v) is 13.8. The minimum atomic E-state index is -0.000556. The number of hydrogen-bond acceptors (Lipinski definition) is 2. The van der Waals surface area contributed by atoms with Gasteiger partial charge in [0, 0.05) is 17.6 Å². The fourth-order valence-electron chi connectivity index (χ4n) is 2.21. The van der Waals surface area contributed by atoms with E-state index in [0.29, 0.717) is 16.6 Å². The molecule has 1 aliphatic heterocycles. The Morgan fingerprint density at radius 2 is 2.05 bits per heavy atom. The highest BCUT2D eigenvalue weighted by Crippen LogP contribution is 2.23. The standard InChI is InChI=1S/C13H16BrClN2O.ClH/c1-17(10-4-6-16-7-5-10)13(18)11-3-2-9(14)8-12(11)15;/h2-3,8,10,16H,4-7H2,1H3;1H. The molecule has 0 radical (unpaired) electrons. The molecule has 0 aromatic heterocycles. The van der Waals surface area contributed by atoms with Gasteiger partial charge in [-0.2, -0.15) is 0 Å². The van der Waals surface area contributed by atoms with Crippen LogP contribution in [0, 0.1) is 0 Å². The van der Waals surface area contributed by atoms with E-state index in [1.807, 2.05) is 18.0 Å². The van der Waals surface area contributed by atoms with Crippen LogP contribution >= 0.6 is 39.9 Å². The molecule has 1 amide bonds. The second kappa shape index (κ2) is 7.48. The Bertz CT molecular complexity index is 450. The van der Waals surface area contributed by atoms with Gasteiger partial charge in [-0.3, -0.25) is 4.79 Å². The van der Waals surface area contributed by atoms with Crippen molar-refractivity contribution in [2.75, 3.05) is 20.1 Å². The average molecular weight is 368 g/mol. The summed E-state index contributed by atoms with van der Waals surface area (Å²) in [6.07, 6.45) is 1.99. The Hall–Kier alpha value is -0.290. The highest BCUT2D eigenvalue weighted by molar-refractivity contribution is 9.10. The van der Waals surface area contributed by atoms with Crippen molar-refractivity contribution in [2.45, 2.75) is 18.9 Å². The molecule has 1 heterocycles. The third-order valence-corrected chi connectivity index (χ3v) is 4.14. The lowest BCUT2D eigenvalue weighted by atomic mass is 10.0. The van der Waals surface area contributed by atoms with E-state index in [2.05, 4.69) is 21.2 Å². The number of piperidine rings is 1. The topological polar surface area (TPSA) is 32.3 Å². The fraction of sp³-hybridized carbons (Fsp3) is 0.462. The number of hydrogen-bond donors (Lipinski definition) is 1. The molecule has 1 aromatic rings. The predicted octanol–water partition coefficient (Wildman–Crippen LogP) is 3.35. The summed E-state index contributed by atoms with van der Waals surface area (Å²) in [4.78, 5) is 14.2. The summed E-state index contributed by atoms with van der Waals surface area (Å²) in [7, 11) is 1.86.